The molecule has 0 aliphatic carbocycles. The molecule has 0 aromatic heterocycles. The zero-order valence-corrected chi connectivity index (χ0v) is 7.54. The van der Waals surface area contributed by atoms with E-state index in [4.69, 9.17) is 0 Å². The van der Waals surface area contributed by atoms with Crippen LogP contribution in [0.5, 0.6) is 5.75 Å². The van der Waals surface area contributed by atoms with Crippen LogP contribution in [-0.2, 0) is 0 Å². The van der Waals surface area contributed by atoms with Crippen LogP contribution in [0.3, 0.4) is 0 Å². The van der Waals surface area contributed by atoms with Gasteiger partial charge in [-0.05, 0) is 30.7 Å². The minimum Gasteiger partial charge on any atom is -0.435 e. The third-order valence-corrected chi connectivity index (χ3v) is 2.31. The molecule has 2 nitrogen and oxygen atoms in total. The maximum atomic E-state index is 11.9. The molecule has 2 rings (SSSR count). The molecule has 0 radical (unpaired) electrons. The summed E-state index contributed by atoms with van der Waals surface area (Å²) in [5, 5.41) is 3.20. The molecule has 1 aliphatic rings. The molecule has 1 saturated heterocycles. The zero-order chi connectivity index (χ0) is 9.97. The Morgan fingerprint density at radius 1 is 1.43 bits per heavy atom. The average Bonchev–Trinajstić information content (AvgIpc) is 1.99. The molecular weight excluding hydrogens is 188 g/mol. The largest absolute Gasteiger partial charge is 0.435 e. The molecule has 1 heterocycles. The van der Waals surface area contributed by atoms with Gasteiger partial charge in [-0.25, -0.2) is 0 Å². The van der Waals surface area contributed by atoms with Crippen molar-refractivity contribution in [2.24, 2.45) is 0 Å². The molecule has 4 heteroatoms. The van der Waals surface area contributed by atoms with Crippen LogP contribution >= 0.6 is 0 Å². The Morgan fingerprint density at radius 2 is 2.21 bits per heavy atom. The monoisotopic (exact) mass is 199 g/mol. The molecule has 0 bridgehead atoms. The van der Waals surface area contributed by atoms with Gasteiger partial charge in [-0.15, -0.1) is 0 Å². The van der Waals surface area contributed by atoms with Crippen molar-refractivity contribution in [2.75, 3.05) is 6.54 Å². The first kappa shape index (κ1) is 9.40. The van der Waals surface area contributed by atoms with Crippen LogP contribution < -0.4 is 10.1 Å². The Bertz CT molecular complexity index is 313. The van der Waals surface area contributed by atoms with E-state index < -0.39 is 6.61 Å². The van der Waals surface area contributed by atoms with E-state index >= 15 is 0 Å². The molecule has 14 heavy (non-hydrogen) atoms. The van der Waals surface area contributed by atoms with Crippen molar-refractivity contribution >= 4 is 0 Å². The summed E-state index contributed by atoms with van der Waals surface area (Å²) in [5.41, 5.74) is 1.01. The minimum absolute atomic E-state index is 0.228. The standard InChI is InChI=1S/C10H11F2NO/c11-10(12)14-8-3-1-2-7(6-8)9-4-5-13-9/h1-3,6,9-10,13H,4-5H2/t9-/m0/s1. The van der Waals surface area contributed by atoms with Crippen LogP contribution in [-0.4, -0.2) is 13.2 Å². The van der Waals surface area contributed by atoms with E-state index in [0.29, 0.717) is 6.04 Å². The van der Waals surface area contributed by atoms with E-state index in [0.717, 1.165) is 18.5 Å². The van der Waals surface area contributed by atoms with Gasteiger partial charge >= 0.3 is 6.61 Å². The fourth-order valence-corrected chi connectivity index (χ4v) is 1.48. The van der Waals surface area contributed by atoms with Gasteiger partial charge in [-0.2, -0.15) is 8.78 Å². The number of ether oxygens (including phenoxy) is 1. The second kappa shape index (κ2) is 3.92. The highest BCUT2D eigenvalue weighted by atomic mass is 19.3. The summed E-state index contributed by atoms with van der Waals surface area (Å²) in [6.07, 6.45) is 1.05. The Kier molecular flexibility index (Phi) is 2.63. The zero-order valence-electron chi connectivity index (χ0n) is 7.54. The van der Waals surface area contributed by atoms with E-state index in [1.54, 1.807) is 12.1 Å². The Labute approximate surface area is 80.9 Å². The van der Waals surface area contributed by atoms with Crippen molar-refractivity contribution in [3.8, 4) is 5.75 Å². The van der Waals surface area contributed by atoms with Gasteiger partial charge in [0, 0.05) is 6.04 Å². The summed E-state index contributed by atoms with van der Waals surface area (Å²) in [6, 6.07) is 7.13. The van der Waals surface area contributed by atoms with E-state index in [1.807, 2.05) is 6.07 Å². The van der Waals surface area contributed by atoms with E-state index in [9.17, 15) is 8.78 Å². The van der Waals surface area contributed by atoms with Crippen molar-refractivity contribution in [3.63, 3.8) is 0 Å². The second-order valence-corrected chi connectivity index (χ2v) is 3.25. The lowest BCUT2D eigenvalue weighted by molar-refractivity contribution is -0.0499. The first-order valence-electron chi connectivity index (χ1n) is 4.54. The van der Waals surface area contributed by atoms with Crippen LogP contribution in [0.2, 0.25) is 0 Å². The number of alkyl halides is 2. The molecule has 1 fully saturated rings. The van der Waals surface area contributed by atoms with Gasteiger partial charge in [0.15, 0.2) is 0 Å². The fourth-order valence-electron chi connectivity index (χ4n) is 1.48. The summed E-state index contributed by atoms with van der Waals surface area (Å²) in [5.74, 6) is 0.228. The van der Waals surface area contributed by atoms with Gasteiger partial charge in [-0.3, -0.25) is 0 Å². The molecule has 1 N–H and O–H groups in total. The molecule has 1 aliphatic heterocycles. The molecule has 1 atom stereocenters. The van der Waals surface area contributed by atoms with Gasteiger partial charge in [-0.1, -0.05) is 12.1 Å². The average molecular weight is 199 g/mol. The predicted octanol–water partition coefficient (Wildman–Crippen LogP) is 2.32. The Balaban J connectivity index is 2.09. The summed E-state index contributed by atoms with van der Waals surface area (Å²) < 4.78 is 28.1. The normalized spacial score (nSPS) is 20.6. The number of hydrogen-bond acceptors (Lipinski definition) is 2. The third-order valence-electron chi connectivity index (χ3n) is 2.31. The van der Waals surface area contributed by atoms with Gasteiger partial charge in [0.1, 0.15) is 5.75 Å². The summed E-state index contributed by atoms with van der Waals surface area (Å²) in [4.78, 5) is 0. The van der Waals surface area contributed by atoms with Crippen LogP contribution in [0.25, 0.3) is 0 Å². The highest BCUT2D eigenvalue weighted by Crippen LogP contribution is 2.26. The van der Waals surface area contributed by atoms with Crippen LogP contribution in [0, 0.1) is 0 Å². The van der Waals surface area contributed by atoms with Gasteiger partial charge in [0.25, 0.3) is 0 Å². The van der Waals surface area contributed by atoms with Gasteiger partial charge in [0.05, 0.1) is 0 Å². The maximum Gasteiger partial charge on any atom is 0.387 e. The predicted molar refractivity (Wildman–Crippen MR) is 48.4 cm³/mol. The van der Waals surface area contributed by atoms with E-state index in [-0.39, 0.29) is 5.75 Å². The van der Waals surface area contributed by atoms with Crippen molar-refractivity contribution in [3.05, 3.63) is 29.8 Å². The summed E-state index contributed by atoms with van der Waals surface area (Å²) in [7, 11) is 0. The van der Waals surface area contributed by atoms with Crippen molar-refractivity contribution in [2.45, 2.75) is 19.1 Å². The lowest BCUT2D eigenvalue weighted by Gasteiger charge is -2.28. The minimum atomic E-state index is -2.75. The topological polar surface area (TPSA) is 21.3 Å². The fraction of sp³-hybridized carbons (Fsp3) is 0.400. The summed E-state index contributed by atoms with van der Waals surface area (Å²) in [6.45, 7) is -1.76. The smallest absolute Gasteiger partial charge is 0.387 e. The molecule has 76 valence electrons. The number of nitrogens with one attached hydrogen (secondary N) is 1. The number of benzene rings is 1. The van der Waals surface area contributed by atoms with Crippen LogP contribution in [0.1, 0.15) is 18.0 Å². The van der Waals surface area contributed by atoms with Crippen molar-refractivity contribution < 1.29 is 13.5 Å². The summed E-state index contributed by atoms with van der Waals surface area (Å²) >= 11 is 0. The van der Waals surface area contributed by atoms with E-state index in [1.165, 1.54) is 6.07 Å². The molecule has 0 saturated carbocycles. The molecule has 0 spiro atoms. The van der Waals surface area contributed by atoms with Crippen molar-refractivity contribution in [1.82, 2.24) is 5.32 Å². The molecule has 0 unspecified atom stereocenters. The number of hydrogen-bond donors (Lipinski definition) is 1. The molecule has 1 aromatic carbocycles. The second-order valence-electron chi connectivity index (χ2n) is 3.25. The van der Waals surface area contributed by atoms with E-state index in [2.05, 4.69) is 10.1 Å². The third kappa shape index (κ3) is 2.01. The number of halogens is 2. The first-order valence-corrected chi connectivity index (χ1v) is 4.54. The Morgan fingerprint density at radius 3 is 2.79 bits per heavy atom. The lowest BCUT2D eigenvalue weighted by atomic mass is 9.98. The molecule has 1 aromatic rings. The van der Waals surface area contributed by atoms with Crippen LogP contribution in [0.4, 0.5) is 8.78 Å². The van der Waals surface area contributed by atoms with Crippen molar-refractivity contribution in [1.29, 1.82) is 0 Å². The number of rotatable bonds is 3. The van der Waals surface area contributed by atoms with Gasteiger partial charge in [0.2, 0.25) is 0 Å². The highest BCUT2D eigenvalue weighted by molar-refractivity contribution is 5.31. The Hall–Kier alpha value is -1.16. The highest BCUT2D eigenvalue weighted by Gasteiger charge is 2.18. The quantitative estimate of drug-likeness (QED) is 0.806. The first-order chi connectivity index (χ1) is 6.75. The van der Waals surface area contributed by atoms with Gasteiger partial charge < -0.3 is 10.1 Å². The molecular formula is C10H11F2NO. The maximum absolute atomic E-state index is 11.9. The molecule has 0 amide bonds. The van der Waals surface area contributed by atoms with Crippen LogP contribution in [0.15, 0.2) is 24.3 Å². The lowest BCUT2D eigenvalue weighted by Crippen LogP contribution is -2.34. The SMILES string of the molecule is FC(F)Oc1cccc([C@@H]2CCN2)c1.